The van der Waals surface area contributed by atoms with Crippen LogP contribution in [0.15, 0.2) is 24.3 Å². The van der Waals surface area contributed by atoms with Crippen LogP contribution in [-0.2, 0) is 22.6 Å². The van der Waals surface area contributed by atoms with E-state index in [4.69, 9.17) is 5.73 Å². The molecule has 0 aliphatic carbocycles. The van der Waals surface area contributed by atoms with Crippen LogP contribution >= 0.6 is 0 Å². The quantitative estimate of drug-likeness (QED) is 0.766. The van der Waals surface area contributed by atoms with Crippen molar-refractivity contribution in [3.05, 3.63) is 35.4 Å². The molecule has 0 saturated heterocycles. The molecule has 1 aliphatic heterocycles. The van der Waals surface area contributed by atoms with E-state index in [1.165, 1.54) is 11.1 Å². The lowest BCUT2D eigenvalue weighted by molar-refractivity contribution is -0.133. The molecular formula is C13H17N3O2. The second-order valence-electron chi connectivity index (χ2n) is 4.31. The lowest BCUT2D eigenvalue weighted by atomic mass is 10.00. The third kappa shape index (κ3) is 2.87. The minimum absolute atomic E-state index is 0.0260. The molecule has 0 spiro atoms. The molecule has 1 aliphatic rings. The van der Waals surface area contributed by atoms with Crippen molar-refractivity contribution >= 4 is 11.8 Å². The van der Waals surface area contributed by atoms with Gasteiger partial charge < -0.3 is 16.0 Å². The smallest absolute Gasteiger partial charge is 0.242 e. The van der Waals surface area contributed by atoms with E-state index in [0.717, 1.165) is 6.42 Å². The van der Waals surface area contributed by atoms with E-state index in [2.05, 4.69) is 11.4 Å². The Kier molecular flexibility index (Phi) is 3.94. The van der Waals surface area contributed by atoms with Crippen LogP contribution in [0.25, 0.3) is 0 Å². The molecule has 1 heterocycles. The molecule has 2 rings (SSSR count). The third-order valence-electron chi connectivity index (χ3n) is 3.11. The zero-order chi connectivity index (χ0) is 13.0. The normalized spacial score (nSPS) is 13.9. The lowest BCUT2D eigenvalue weighted by Crippen LogP contribution is -2.43. The van der Waals surface area contributed by atoms with Gasteiger partial charge in [0.2, 0.25) is 11.8 Å². The molecule has 0 fully saturated rings. The molecule has 18 heavy (non-hydrogen) atoms. The Morgan fingerprint density at radius 2 is 2.00 bits per heavy atom. The number of carbonyl (C=O) groups is 2. The summed E-state index contributed by atoms with van der Waals surface area (Å²) in [5.74, 6) is -0.368. The van der Waals surface area contributed by atoms with Crippen molar-refractivity contribution in [2.75, 3.05) is 19.6 Å². The molecule has 96 valence electrons. The summed E-state index contributed by atoms with van der Waals surface area (Å²) in [6.07, 6.45) is 0.868. The van der Waals surface area contributed by atoms with Crippen molar-refractivity contribution < 1.29 is 9.59 Å². The van der Waals surface area contributed by atoms with Gasteiger partial charge in [0, 0.05) is 13.1 Å². The van der Waals surface area contributed by atoms with Gasteiger partial charge in [0.1, 0.15) is 0 Å². The van der Waals surface area contributed by atoms with Crippen molar-refractivity contribution in [1.29, 1.82) is 0 Å². The molecule has 1 aromatic rings. The first-order valence-corrected chi connectivity index (χ1v) is 6.02. The van der Waals surface area contributed by atoms with Gasteiger partial charge in [-0.05, 0) is 17.5 Å². The first-order chi connectivity index (χ1) is 8.70. The average Bonchev–Trinajstić information content (AvgIpc) is 2.43. The Balaban J connectivity index is 1.92. The Morgan fingerprint density at radius 3 is 2.72 bits per heavy atom. The van der Waals surface area contributed by atoms with Crippen molar-refractivity contribution in [2.24, 2.45) is 5.73 Å². The van der Waals surface area contributed by atoms with E-state index < -0.39 is 0 Å². The summed E-state index contributed by atoms with van der Waals surface area (Å²) in [7, 11) is 0. The first-order valence-electron chi connectivity index (χ1n) is 6.02. The fourth-order valence-corrected chi connectivity index (χ4v) is 2.07. The Labute approximate surface area is 106 Å². The highest BCUT2D eigenvalue weighted by Crippen LogP contribution is 2.18. The molecule has 0 unspecified atom stereocenters. The maximum absolute atomic E-state index is 11.9. The fourth-order valence-electron chi connectivity index (χ4n) is 2.07. The number of amides is 2. The second-order valence-corrected chi connectivity index (χ2v) is 4.31. The first kappa shape index (κ1) is 12.6. The predicted molar refractivity (Wildman–Crippen MR) is 67.6 cm³/mol. The molecule has 0 atom stereocenters. The van der Waals surface area contributed by atoms with Gasteiger partial charge >= 0.3 is 0 Å². The summed E-state index contributed by atoms with van der Waals surface area (Å²) in [5, 5.41) is 2.50. The van der Waals surface area contributed by atoms with Gasteiger partial charge in [0.25, 0.3) is 0 Å². The van der Waals surface area contributed by atoms with Gasteiger partial charge in [-0.3, -0.25) is 9.59 Å². The topological polar surface area (TPSA) is 75.4 Å². The van der Waals surface area contributed by atoms with E-state index in [9.17, 15) is 9.59 Å². The summed E-state index contributed by atoms with van der Waals surface area (Å²) < 4.78 is 0. The molecule has 5 nitrogen and oxygen atoms in total. The molecule has 1 aromatic carbocycles. The zero-order valence-corrected chi connectivity index (χ0v) is 10.2. The number of nitrogens with one attached hydrogen (secondary N) is 1. The van der Waals surface area contributed by atoms with Gasteiger partial charge in [-0.15, -0.1) is 0 Å². The minimum Gasteiger partial charge on any atom is -0.346 e. The maximum atomic E-state index is 11.9. The van der Waals surface area contributed by atoms with Crippen LogP contribution in [0.5, 0.6) is 0 Å². The van der Waals surface area contributed by atoms with E-state index in [0.29, 0.717) is 13.1 Å². The van der Waals surface area contributed by atoms with E-state index in [1.807, 2.05) is 18.2 Å². The summed E-state index contributed by atoms with van der Waals surface area (Å²) in [6.45, 7) is 1.26. The summed E-state index contributed by atoms with van der Waals surface area (Å²) in [6, 6.07) is 8.11. The number of hydrogen-bond donors (Lipinski definition) is 2. The van der Waals surface area contributed by atoms with E-state index >= 15 is 0 Å². The van der Waals surface area contributed by atoms with Crippen LogP contribution in [0, 0.1) is 0 Å². The Bertz CT molecular complexity index is 459. The van der Waals surface area contributed by atoms with Crippen LogP contribution in [0.2, 0.25) is 0 Å². The van der Waals surface area contributed by atoms with Crippen LogP contribution in [0.4, 0.5) is 0 Å². The molecule has 5 heteroatoms. The zero-order valence-electron chi connectivity index (χ0n) is 10.2. The standard InChI is InChI=1S/C13H17N3O2/c14-7-12(17)15-8-13(18)16-6-5-10-3-1-2-4-11(10)9-16/h1-4H,5-9,14H2,(H,15,17). The van der Waals surface area contributed by atoms with Crippen LogP contribution in [-0.4, -0.2) is 36.3 Å². The highest BCUT2D eigenvalue weighted by molar-refractivity contribution is 5.85. The number of benzene rings is 1. The number of fused-ring (bicyclic) bond motifs is 1. The number of hydrogen-bond acceptors (Lipinski definition) is 3. The van der Waals surface area contributed by atoms with Crippen molar-refractivity contribution in [1.82, 2.24) is 10.2 Å². The van der Waals surface area contributed by atoms with Crippen LogP contribution in [0.3, 0.4) is 0 Å². The second kappa shape index (κ2) is 5.64. The Hall–Kier alpha value is -1.88. The molecule has 0 radical (unpaired) electrons. The predicted octanol–water partition coefficient (Wildman–Crippen LogP) is -0.354. The van der Waals surface area contributed by atoms with Gasteiger partial charge in [-0.1, -0.05) is 24.3 Å². The van der Waals surface area contributed by atoms with Gasteiger partial charge in [-0.25, -0.2) is 0 Å². The Morgan fingerprint density at radius 1 is 1.28 bits per heavy atom. The van der Waals surface area contributed by atoms with Crippen molar-refractivity contribution in [3.63, 3.8) is 0 Å². The molecular weight excluding hydrogens is 230 g/mol. The summed E-state index contributed by atoms with van der Waals surface area (Å²) in [5.41, 5.74) is 7.64. The molecule has 0 aromatic heterocycles. The fraction of sp³-hybridized carbons (Fsp3) is 0.385. The molecule has 0 saturated carbocycles. The maximum Gasteiger partial charge on any atom is 0.242 e. The average molecular weight is 247 g/mol. The molecule has 0 bridgehead atoms. The van der Waals surface area contributed by atoms with E-state index in [-0.39, 0.29) is 24.9 Å². The third-order valence-corrected chi connectivity index (χ3v) is 3.11. The molecule has 3 N–H and O–H groups in total. The SMILES string of the molecule is NCC(=O)NCC(=O)N1CCc2ccccc2C1. The van der Waals surface area contributed by atoms with Gasteiger partial charge in [-0.2, -0.15) is 0 Å². The lowest BCUT2D eigenvalue weighted by Gasteiger charge is -2.28. The van der Waals surface area contributed by atoms with Crippen LogP contribution < -0.4 is 11.1 Å². The van der Waals surface area contributed by atoms with Gasteiger partial charge in [0.05, 0.1) is 13.1 Å². The summed E-state index contributed by atoms with van der Waals surface area (Å²) in [4.78, 5) is 24.7. The van der Waals surface area contributed by atoms with Crippen molar-refractivity contribution in [2.45, 2.75) is 13.0 Å². The number of nitrogens with two attached hydrogens (primary N) is 1. The largest absolute Gasteiger partial charge is 0.346 e. The number of rotatable bonds is 3. The monoisotopic (exact) mass is 247 g/mol. The molecule has 2 amide bonds. The summed E-state index contributed by atoms with van der Waals surface area (Å²) >= 11 is 0. The minimum atomic E-state index is -0.305. The van der Waals surface area contributed by atoms with Gasteiger partial charge in [0.15, 0.2) is 0 Å². The highest BCUT2D eigenvalue weighted by Gasteiger charge is 2.20. The van der Waals surface area contributed by atoms with Crippen molar-refractivity contribution in [3.8, 4) is 0 Å². The number of nitrogens with zero attached hydrogens (tertiary/aromatic N) is 1. The number of carbonyl (C=O) groups excluding carboxylic acids is 2. The van der Waals surface area contributed by atoms with E-state index in [1.54, 1.807) is 4.90 Å². The van der Waals surface area contributed by atoms with Crippen LogP contribution in [0.1, 0.15) is 11.1 Å². The highest BCUT2D eigenvalue weighted by atomic mass is 16.2.